The van der Waals surface area contributed by atoms with E-state index < -0.39 is 0 Å². The quantitative estimate of drug-likeness (QED) is 0.804. The van der Waals surface area contributed by atoms with Crippen LogP contribution in [0.2, 0.25) is 0 Å². The molecule has 3 aromatic rings. The van der Waals surface area contributed by atoms with E-state index in [9.17, 15) is 0 Å². The third kappa shape index (κ3) is 2.45. The van der Waals surface area contributed by atoms with Crippen LogP contribution in [0, 0.1) is 6.92 Å². The first-order valence-corrected chi connectivity index (χ1v) is 8.48. The van der Waals surface area contributed by atoms with Crippen LogP contribution in [-0.2, 0) is 0 Å². The van der Waals surface area contributed by atoms with Gasteiger partial charge in [0, 0.05) is 12.1 Å². The van der Waals surface area contributed by atoms with E-state index in [4.69, 9.17) is 0 Å². The van der Waals surface area contributed by atoms with E-state index in [-0.39, 0.29) is 0 Å². The maximum atomic E-state index is 4.45. The molecule has 4 rings (SSSR count). The molecule has 6 nitrogen and oxygen atoms in total. The summed E-state index contributed by atoms with van der Waals surface area (Å²) >= 11 is 1.72. The molecule has 1 fully saturated rings. The zero-order valence-electron chi connectivity index (χ0n) is 12.4. The van der Waals surface area contributed by atoms with Gasteiger partial charge in [0.15, 0.2) is 0 Å². The first kappa shape index (κ1) is 13.6. The fourth-order valence-corrected chi connectivity index (χ4v) is 4.14. The summed E-state index contributed by atoms with van der Waals surface area (Å²) in [6, 6.07) is 1.01. The number of rotatable bonds is 3. The molecule has 1 aliphatic carbocycles. The monoisotopic (exact) mass is 314 g/mol. The molecule has 0 spiro atoms. The lowest BCUT2D eigenvalue weighted by molar-refractivity contribution is 0.333. The molecule has 114 valence electrons. The van der Waals surface area contributed by atoms with Crippen LogP contribution in [0.5, 0.6) is 0 Å². The number of anilines is 1. The van der Waals surface area contributed by atoms with Crippen molar-refractivity contribution in [2.45, 2.75) is 44.7 Å². The van der Waals surface area contributed by atoms with Gasteiger partial charge in [0.1, 0.15) is 24.8 Å². The van der Waals surface area contributed by atoms with Gasteiger partial charge < -0.3 is 9.88 Å². The van der Waals surface area contributed by atoms with E-state index in [0.717, 1.165) is 37.0 Å². The Kier molecular flexibility index (Phi) is 3.49. The van der Waals surface area contributed by atoms with Gasteiger partial charge in [0.05, 0.1) is 10.2 Å². The Morgan fingerprint density at radius 2 is 1.91 bits per heavy atom. The number of fused-ring (bicyclic) bond motifs is 1. The van der Waals surface area contributed by atoms with E-state index >= 15 is 0 Å². The predicted molar refractivity (Wildman–Crippen MR) is 87.1 cm³/mol. The Bertz CT molecular complexity index is 758. The zero-order valence-corrected chi connectivity index (χ0v) is 13.3. The van der Waals surface area contributed by atoms with Crippen molar-refractivity contribution < 1.29 is 0 Å². The van der Waals surface area contributed by atoms with Crippen LogP contribution in [0.4, 0.5) is 5.82 Å². The topological polar surface area (TPSA) is 68.5 Å². The smallest absolute Gasteiger partial charge is 0.147 e. The van der Waals surface area contributed by atoms with Crippen LogP contribution in [0.1, 0.15) is 37.3 Å². The van der Waals surface area contributed by atoms with Gasteiger partial charge in [-0.15, -0.1) is 21.5 Å². The van der Waals surface area contributed by atoms with Crippen LogP contribution in [-0.4, -0.2) is 30.8 Å². The van der Waals surface area contributed by atoms with Gasteiger partial charge in [-0.1, -0.05) is 0 Å². The van der Waals surface area contributed by atoms with Crippen LogP contribution in [0.25, 0.3) is 10.2 Å². The summed E-state index contributed by atoms with van der Waals surface area (Å²) in [6.45, 7) is 2.10. The third-order valence-corrected chi connectivity index (χ3v) is 5.52. The Morgan fingerprint density at radius 3 is 2.68 bits per heavy atom. The van der Waals surface area contributed by atoms with E-state index in [2.05, 4.69) is 42.4 Å². The Labute approximate surface area is 132 Å². The Hall–Kier alpha value is -2.02. The number of thiophene rings is 1. The second kappa shape index (κ2) is 5.64. The predicted octanol–water partition coefficient (Wildman–Crippen LogP) is 3.19. The van der Waals surface area contributed by atoms with Gasteiger partial charge >= 0.3 is 0 Å². The molecule has 3 heterocycles. The van der Waals surface area contributed by atoms with Gasteiger partial charge in [-0.2, -0.15) is 0 Å². The molecule has 1 saturated carbocycles. The van der Waals surface area contributed by atoms with Crippen molar-refractivity contribution >= 4 is 27.4 Å². The highest BCUT2D eigenvalue weighted by atomic mass is 32.1. The second-order valence-corrected chi connectivity index (χ2v) is 6.76. The number of aryl methyl sites for hydroxylation is 1. The molecular weight excluding hydrogens is 296 g/mol. The normalized spacial score (nSPS) is 22.0. The minimum atomic E-state index is 0.480. The lowest BCUT2D eigenvalue weighted by Gasteiger charge is -2.29. The molecule has 0 unspecified atom stereocenters. The first-order valence-electron chi connectivity index (χ1n) is 7.60. The van der Waals surface area contributed by atoms with Crippen molar-refractivity contribution in [3.63, 3.8) is 0 Å². The zero-order chi connectivity index (χ0) is 14.9. The Morgan fingerprint density at radius 1 is 1.14 bits per heavy atom. The molecule has 0 atom stereocenters. The number of hydrogen-bond acceptors (Lipinski definition) is 6. The average molecular weight is 314 g/mol. The van der Waals surface area contributed by atoms with Crippen molar-refractivity contribution in [1.82, 2.24) is 24.7 Å². The minimum absolute atomic E-state index is 0.480. The van der Waals surface area contributed by atoms with Crippen LogP contribution >= 0.6 is 11.3 Å². The number of aromatic nitrogens is 5. The Balaban J connectivity index is 1.46. The van der Waals surface area contributed by atoms with Crippen LogP contribution in [0.3, 0.4) is 0 Å². The molecule has 3 aromatic heterocycles. The van der Waals surface area contributed by atoms with Crippen molar-refractivity contribution in [2.75, 3.05) is 5.32 Å². The molecule has 0 aromatic carbocycles. The summed E-state index contributed by atoms with van der Waals surface area (Å²) < 4.78 is 3.29. The van der Waals surface area contributed by atoms with Crippen molar-refractivity contribution in [1.29, 1.82) is 0 Å². The molecule has 0 radical (unpaired) electrons. The summed E-state index contributed by atoms with van der Waals surface area (Å²) in [7, 11) is 0. The minimum Gasteiger partial charge on any atom is -0.366 e. The van der Waals surface area contributed by atoms with Gasteiger partial charge in [0.25, 0.3) is 0 Å². The highest BCUT2D eigenvalue weighted by Crippen LogP contribution is 2.33. The van der Waals surface area contributed by atoms with E-state index in [1.54, 1.807) is 17.7 Å². The van der Waals surface area contributed by atoms with Gasteiger partial charge in [-0.3, -0.25) is 0 Å². The number of hydrogen-bond donors (Lipinski definition) is 1. The number of nitrogens with one attached hydrogen (secondary N) is 1. The van der Waals surface area contributed by atoms with E-state index in [1.807, 2.05) is 12.7 Å². The molecule has 0 bridgehead atoms. The third-order valence-electron chi connectivity index (χ3n) is 4.43. The standard InChI is InChI=1S/C15H18N6S/c1-10-6-22-14-13(10)16-7-17-15(14)20-11-2-4-12(5-3-11)21-8-18-19-9-21/h6-9,11-12H,2-5H2,1H3,(H,16,17,20). The molecular formula is C15H18N6S. The summed E-state index contributed by atoms with van der Waals surface area (Å²) in [5.74, 6) is 0.982. The molecule has 22 heavy (non-hydrogen) atoms. The van der Waals surface area contributed by atoms with Crippen LogP contribution < -0.4 is 5.32 Å². The van der Waals surface area contributed by atoms with Crippen LogP contribution in [0.15, 0.2) is 24.4 Å². The summed E-state index contributed by atoms with van der Waals surface area (Å²) in [4.78, 5) is 8.83. The fraction of sp³-hybridized carbons (Fsp3) is 0.467. The molecule has 1 aliphatic rings. The van der Waals surface area contributed by atoms with Gasteiger partial charge in [-0.05, 0) is 43.6 Å². The summed E-state index contributed by atoms with van der Waals surface area (Å²) in [5.41, 5.74) is 2.29. The van der Waals surface area contributed by atoms with E-state index in [0.29, 0.717) is 12.1 Å². The lowest BCUT2D eigenvalue weighted by Crippen LogP contribution is -2.27. The van der Waals surface area contributed by atoms with Gasteiger partial charge in [0.2, 0.25) is 0 Å². The van der Waals surface area contributed by atoms with Crippen molar-refractivity contribution in [3.05, 3.63) is 29.9 Å². The fourth-order valence-electron chi connectivity index (χ4n) is 3.18. The highest BCUT2D eigenvalue weighted by molar-refractivity contribution is 7.18. The highest BCUT2D eigenvalue weighted by Gasteiger charge is 2.23. The molecule has 0 amide bonds. The van der Waals surface area contributed by atoms with E-state index in [1.165, 1.54) is 10.3 Å². The molecule has 1 N–H and O–H groups in total. The maximum absolute atomic E-state index is 4.45. The van der Waals surface area contributed by atoms with Crippen molar-refractivity contribution in [2.24, 2.45) is 0 Å². The number of nitrogens with zero attached hydrogens (tertiary/aromatic N) is 5. The van der Waals surface area contributed by atoms with Gasteiger partial charge in [-0.25, -0.2) is 9.97 Å². The first-order chi connectivity index (χ1) is 10.8. The molecule has 0 saturated heterocycles. The lowest BCUT2D eigenvalue weighted by atomic mass is 9.91. The average Bonchev–Trinajstić information content (AvgIpc) is 3.19. The SMILES string of the molecule is Cc1csc2c(NC3CCC(n4cnnc4)CC3)ncnc12. The molecule has 7 heteroatoms. The largest absolute Gasteiger partial charge is 0.366 e. The van der Waals surface area contributed by atoms with Crippen molar-refractivity contribution in [3.8, 4) is 0 Å². The maximum Gasteiger partial charge on any atom is 0.147 e. The summed E-state index contributed by atoms with van der Waals surface area (Å²) in [5, 5.41) is 13.6. The second-order valence-electron chi connectivity index (χ2n) is 5.88. The summed E-state index contributed by atoms with van der Waals surface area (Å²) in [6.07, 6.45) is 9.87. The molecule has 0 aliphatic heterocycles.